The maximum atomic E-state index is 5.57. The zero-order valence-electron chi connectivity index (χ0n) is 7.01. The molecule has 2 N–H and O–H groups in total. The number of halogens is 1. The first-order valence-corrected chi connectivity index (χ1v) is 4.71. The molecule has 0 amide bonds. The molecule has 2 nitrogen and oxygen atoms in total. The monoisotopic (exact) mass is 229 g/mol. The van der Waals surface area contributed by atoms with E-state index in [4.69, 9.17) is 10.5 Å². The SMILES string of the molecule is CCCOc1ccc(N)cc1Br. The molecule has 0 aliphatic rings. The van der Waals surface area contributed by atoms with Crippen LogP contribution in [-0.4, -0.2) is 6.61 Å². The van der Waals surface area contributed by atoms with Gasteiger partial charge in [-0.1, -0.05) is 6.92 Å². The van der Waals surface area contributed by atoms with Crippen molar-refractivity contribution in [3.8, 4) is 5.75 Å². The Hall–Kier alpha value is -0.700. The average molecular weight is 230 g/mol. The number of nitrogen functional groups attached to an aromatic ring is 1. The Morgan fingerprint density at radius 2 is 2.25 bits per heavy atom. The Morgan fingerprint density at radius 3 is 2.83 bits per heavy atom. The Morgan fingerprint density at radius 1 is 1.50 bits per heavy atom. The number of anilines is 1. The predicted molar refractivity (Wildman–Crippen MR) is 54.3 cm³/mol. The quantitative estimate of drug-likeness (QED) is 0.810. The van der Waals surface area contributed by atoms with Crippen LogP contribution in [0.25, 0.3) is 0 Å². The van der Waals surface area contributed by atoms with E-state index < -0.39 is 0 Å². The van der Waals surface area contributed by atoms with Crippen LogP contribution in [0.4, 0.5) is 5.69 Å². The number of rotatable bonds is 3. The molecule has 66 valence electrons. The van der Waals surface area contributed by atoms with E-state index in [1.165, 1.54) is 0 Å². The van der Waals surface area contributed by atoms with Gasteiger partial charge in [0.25, 0.3) is 0 Å². The molecule has 0 aliphatic heterocycles. The smallest absolute Gasteiger partial charge is 0.133 e. The fourth-order valence-electron chi connectivity index (χ4n) is 0.846. The van der Waals surface area contributed by atoms with Crippen molar-refractivity contribution in [1.29, 1.82) is 0 Å². The van der Waals surface area contributed by atoms with Gasteiger partial charge in [-0.2, -0.15) is 0 Å². The highest BCUT2D eigenvalue weighted by Gasteiger charge is 1.99. The molecule has 0 aromatic heterocycles. The summed E-state index contributed by atoms with van der Waals surface area (Å²) in [5, 5.41) is 0. The van der Waals surface area contributed by atoms with Crippen LogP contribution in [0.2, 0.25) is 0 Å². The molecule has 0 atom stereocenters. The molecule has 12 heavy (non-hydrogen) atoms. The van der Waals surface area contributed by atoms with Crippen LogP contribution < -0.4 is 10.5 Å². The molecule has 0 radical (unpaired) electrons. The van der Waals surface area contributed by atoms with E-state index in [1.807, 2.05) is 18.2 Å². The third-order valence-electron chi connectivity index (χ3n) is 1.42. The second-order valence-electron chi connectivity index (χ2n) is 2.54. The van der Waals surface area contributed by atoms with E-state index >= 15 is 0 Å². The topological polar surface area (TPSA) is 35.2 Å². The molecule has 0 unspecified atom stereocenters. The zero-order valence-corrected chi connectivity index (χ0v) is 8.60. The van der Waals surface area contributed by atoms with Crippen molar-refractivity contribution in [3.63, 3.8) is 0 Å². The summed E-state index contributed by atoms with van der Waals surface area (Å²) in [6.07, 6.45) is 1.01. The van der Waals surface area contributed by atoms with Crippen LogP contribution in [0, 0.1) is 0 Å². The molecule has 0 bridgehead atoms. The lowest BCUT2D eigenvalue weighted by atomic mass is 10.3. The molecule has 0 heterocycles. The van der Waals surface area contributed by atoms with Gasteiger partial charge in [-0.25, -0.2) is 0 Å². The summed E-state index contributed by atoms with van der Waals surface area (Å²) >= 11 is 3.37. The van der Waals surface area contributed by atoms with Crippen molar-refractivity contribution in [3.05, 3.63) is 22.7 Å². The summed E-state index contributed by atoms with van der Waals surface area (Å²) in [5.41, 5.74) is 6.31. The van der Waals surface area contributed by atoms with Gasteiger partial charge in [0.1, 0.15) is 5.75 Å². The van der Waals surface area contributed by atoms with E-state index in [-0.39, 0.29) is 0 Å². The molecular formula is C9H12BrNO. The van der Waals surface area contributed by atoms with E-state index in [0.717, 1.165) is 28.9 Å². The lowest BCUT2D eigenvalue weighted by Gasteiger charge is -2.06. The van der Waals surface area contributed by atoms with Crippen molar-refractivity contribution < 1.29 is 4.74 Å². The molecule has 1 aromatic rings. The summed E-state index contributed by atoms with van der Waals surface area (Å²) in [7, 11) is 0. The zero-order chi connectivity index (χ0) is 8.97. The molecule has 3 heteroatoms. The van der Waals surface area contributed by atoms with Crippen LogP contribution in [0.5, 0.6) is 5.75 Å². The maximum absolute atomic E-state index is 5.57. The number of hydrogen-bond acceptors (Lipinski definition) is 2. The Bertz CT molecular complexity index is 263. The third kappa shape index (κ3) is 2.41. The van der Waals surface area contributed by atoms with Gasteiger partial charge in [-0.15, -0.1) is 0 Å². The van der Waals surface area contributed by atoms with Crippen LogP contribution >= 0.6 is 15.9 Å². The van der Waals surface area contributed by atoms with Crippen LogP contribution in [0.1, 0.15) is 13.3 Å². The van der Waals surface area contributed by atoms with Gasteiger partial charge in [-0.05, 0) is 40.5 Å². The molecule has 0 spiro atoms. The van der Waals surface area contributed by atoms with Gasteiger partial charge in [0, 0.05) is 5.69 Å². The van der Waals surface area contributed by atoms with E-state index in [1.54, 1.807) is 0 Å². The van der Waals surface area contributed by atoms with Gasteiger partial charge in [0.05, 0.1) is 11.1 Å². The number of hydrogen-bond donors (Lipinski definition) is 1. The highest BCUT2D eigenvalue weighted by atomic mass is 79.9. The largest absolute Gasteiger partial charge is 0.492 e. The van der Waals surface area contributed by atoms with Gasteiger partial charge >= 0.3 is 0 Å². The fourth-order valence-corrected chi connectivity index (χ4v) is 1.36. The van der Waals surface area contributed by atoms with Crippen molar-refractivity contribution >= 4 is 21.6 Å². The number of nitrogens with two attached hydrogens (primary N) is 1. The minimum absolute atomic E-state index is 0.739. The standard InChI is InChI=1S/C9H12BrNO/c1-2-5-12-9-4-3-7(11)6-8(9)10/h3-4,6H,2,5,11H2,1H3. The van der Waals surface area contributed by atoms with E-state index in [0.29, 0.717) is 0 Å². The first-order valence-electron chi connectivity index (χ1n) is 3.92. The molecule has 0 aliphatic carbocycles. The molecule has 1 rings (SSSR count). The molecular weight excluding hydrogens is 218 g/mol. The van der Waals surface area contributed by atoms with Gasteiger partial charge < -0.3 is 10.5 Å². The number of ether oxygens (including phenoxy) is 1. The third-order valence-corrected chi connectivity index (χ3v) is 2.04. The van der Waals surface area contributed by atoms with Crippen LogP contribution in [0.3, 0.4) is 0 Å². The summed E-state index contributed by atoms with van der Waals surface area (Å²) < 4.78 is 6.35. The molecule has 1 aromatic carbocycles. The summed E-state index contributed by atoms with van der Waals surface area (Å²) in [4.78, 5) is 0. The highest BCUT2D eigenvalue weighted by Crippen LogP contribution is 2.26. The summed E-state index contributed by atoms with van der Waals surface area (Å²) in [6, 6.07) is 5.54. The Kier molecular flexibility index (Phi) is 3.41. The molecule has 0 saturated heterocycles. The lowest BCUT2D eigenvalue weighted by molar-refractivity contribution is 0.315. The normalized spacial score (nSPS) is 9.83. The predicted octanol–water partition coefficient (Wildman–Crippen LogP) is 2.82. The van der Waals surface area contributed by atoms with E-state index in [2.05, 4.69) is 22.9 Å². The van der Waals surface area contributed by atoms with Crippen LogP contribution in [-0.2, 0) is 0 Å². The summed E-state index contributed by atoms with van der Waals surface area (Å²) in [6.45, 7) is 2.81. The van der Waals surface area contributed by atoms with Gasteiger partial charge in [0.2, 0.25) is 0 Å². The minimum Gasteiger partial charge on any atom is -0.492 e. The maximum Gasteiger partial charge on any atom is 0.133 e. The Balaban J connectivity index is 2.72. The average Bonchev–Trinajstić information content (AvgIpc) is 2.03. The van der Waals surface area contributed by atoms with E-state index in [9.17, 15) is 0 Å². The van der Waals surface area contributed by atoms with Crippen molar-refractivity contribution in [2.75, 3.05) is 12.3 Å². The first-order chi connectivity index (χ1) is 5.74. The lowest BCUT2D eigenvalue weighted by Crippen LogP contribution is -1.96. The second kappa shape index (κ2) is 4.36. The minimum atomic E-state index is 0.739. The van der Waals surface area contributed by atoms with Crippen molar-refractivity contribution in [2.45, 2.75) is 13.3 Å². The van der Waals surface area contributed by atoms with Crippen molar-refractivity contribution in [1.82, 2.24) is 0 Å². The van der Waals surface area contributed by atoms with Crippen molar-refractivity contribution in [2.24, 2.45) is 0 Å². The first kappa shape index (κ1) is 9.39. The summed E-state index contributed by atoms with van der Waals surface area (Å²) in [5.74, 6) is 0.853. The van der Waals surface area contributed by atoms with Crippen LogP contribution in [0.15, 0.2) is 22.7 Å². The molecule has 0 saturated carbocycles. The molecule has 0 fully saturated rings. The second-order valence-corrected chi connectivity index (χ2v) is 3.39. The number of benzene rings is 1. The highest BCUT2D eigenvalue weighted by molar-refractivity contribution is 9.10. The fraction of sp³-hybridized carbons (Fsp3) is 0.333. The van der Waals surface area contributed by atoms with Gasteiger partial charge in [0.15, 0.2) is 0 Å². The Labute approximate surface area is 80.8 Å². The van der Waals surface area contributed by atoms with Gasteiger partial charge in [-0.3, -0.25) is 0 Å².